The Bertz CT molecular complexity index is 827. The molecule has 0 saturated heterocycles. The second-order valence-electron chi connectivity index (χ2n) is 4.72. The summed E-state index contributed by atoms with van der Waals surface area (Å²) in [5, 5.41) is 13.0. The van der Waals surface area contributed by atoms with Gasteiger partial charge in [-0.2, -0.15) is 5.26 Å². The predicted octanol–water partition coefficient (Wildman–Crippen LogP) is 2.44. The summed E-state index contributed by atoms with van der Waals surface area (Å²) in [6, 6.07) is 5.50. The van der Waals surface area contributed by atoms with Crippen LogP contribution in [0, 0.1) is 18.3 Å². The SMILES string of the molecule is Cc1ccc(S(=O)(=O)Nc2sc3c(c2C#N)CCNC3)s1. The fraction of sp³-hybridized carbons (Fsp3) is 0.308. The first-order chi connectivity index (χ1) is 10.0. The van der Waals surface area contributed by atoms with Crippen molar-refractivity contribution in [2.45, 2.75) is 24.1 Å². The van der Waals surface area contributed by atoms with Gasteiger partial charge in [-0.25, -0.2) is 8.42 Å². The molecule has 0 aromatic carbocycles. The van der Waals surface area contributed by atoms with Gasteiger partial charge in [-0.3, -0.25) is 4.72 Å². The molecule has 3 rings (SSSR count). The Hall–Kier alpha value is -1.40. The van der Waals surface area contributed by atoms with Gasteiger partial charge in [-0.15, -0.1) is 22.7 Å². The molecule has 0 bridgehead atoms. The average Bonchev–Trinajstić information content (AvgIpc) is 3.01. The van der Waals surface area contributed by atoms with Gasteiger partial charge in [0.1, 0.15) is 15.3 Å². The van der Waals surface area contributed by atoms with Gasteiger partial charge in [0.25, 0.3) is 10.0 Å². The van der Waals surface area contributed by atoms with E-state index >= 15 is 0 Å². The molecule has 0 saturated carbocycles. The summed E-state index contributed by atoms with van der Waals surface area (Å²) >= 11 is 2.57. The molecule has 0 aliphatic carbocycles. The fourth-order valence-corrected chi connectivity index (χ4v) is 6.01. The van der Waals surface area contributed by atoms with E-state index in [0.29, 0.717) is 17.1 Å². The highest BCUT2D eigenvalue weighted by Gasteiger charge is 2.24. The Morgan fingerprint density at radius 3 is 2.86 bits per heavy atom. The van der Waals surface area contributed by atoms with Crippen LogP contribution in [0.1, 0.15) is 20.9 Å². The highest BCUT2D eigenvalue weighted by Crippen LogP contribution is 2.36. The van der Waals surface area contributed by atoms with Gasteiger partial charge in [-0.1, -0.05) is 0 Å². The number of nitrogens with one attached hydrogen (secondary N) is 2. The normalized spacial score (nSPS) is 14.5. The molecule has 21 heavy (non-hydrogen) atoms. The topological polar surface area (TPSA) is 82.0 Å². The molecule has 0 spiro atoms. The van der Waals surface area contributed by atoms with E-state index in [4.69, 9.17) is 0 Å². The molecule has 0 atom stereocenters. The van der Waals surface area contributed by atoms with Crippen molar-refractivity contribution in [3.05, 3.63) is 33.0 Å². The molecular weight excluding hydrogens is 326 g/mol. The zero-order valence-electron chi connectivity index (χ0n) is 11.3. The van der Waals surface area contributed by atoms with Crippen LogP contribution in [0.5, 0.6) is 0 Å². The minimum atomic E-state index is -3.62. The predicted molar refractivity (Wildman–Crippen MR) is 84.3 cm³/mol. The van der Waals surface area contributed by atoms with Crippen molar-refractivity contribution in [3.63, 3.8) is 0 Å². The Kier molecular flexibility index (Phi) is 3.75. The van der Waals surface area contributed by atoms with Crippen LogP contribution in [-0.2, 0) is 23.0 Å². The Morgan fingerprint density at radius 1 is 1.38 bits per heavy atom. The molecule has 2 N–H and O–H groups in total. The molecule has 1 aliphatic rings. The van der Waals surface area contributed by atoms with E-state index in [2.05, 4.69) is 16.1 Å². The number of hydrogen-bond donors (Lipinski definition) is 2. The number of anilines is 1. The molecule has 0 unspecified atom stereocenters. The molecule has 1 aliphatic heterocycles. The molecule has 2 aromatic heterocycles. The van der Waals surface area contributed by atoms with Crippen LogP contribution in [0.2, 0.25) is 0 Å². The monoisotopic (exact) mass is 339 g/mol. The van der Waals surface area contributed by atoms with Gasteiger partial charge in [0.15, 0.2) is 0 Å². The number of nitriles is 1. The molecule has 5 nitrogen and oxygen atoms in total. The maximum absolute atomic E-state index is 12.4. The lowest BCUT2D eigenvalue weighted by Gasteiger charge is -2.11. The van der Waals surface area contributed by atoms with E-state index in [1.165, 1.54) is 22.7 Å². The van der Waals surface area contributed by atoms with Crippen molar-refractivity contribution in [3.8, 4) is 6.07 Å². The van der Waals surface area contributed by atoms with E-state index in [0.717, 1.165) is 28.3 Å². The minimum Gasteiger partial charge on any atom is -0.312 e. The van der Waals surface area contributed by atoms with Crippen LogP contribution in [-0.4, -0.2) is 15.0 Å². The Labute approximate surface area is 131 Å². The van der Waals surface area contributed by atoms with Gasteiger partial charge in [0.2, 0.25) is 0 Å². The molecule has 0 amide bonds. The van der Waals surface area contributed by atoms with Crippen molar-refractivity contribution in [1.29, 1.82) is 5.26 Å². The summed E-state index contributed by atoms with van der Waals surface area (Å²) < 4.78 is 27.6. The standard InChI is InChI=1S/C13H13N3O2S3/c1-8-2-3-12(19-8)21(17,18)16-13-10(6-14)9-4-5-15-7-11(9)20-13/h2-3,15-16H,4-5,7H2,1H3. The summed E-state index contributed by atoms with van der Waals surface area (Å²) in [6.07, 6.45) is 0.758. The van der Waals surface area contributed by atoms with Crippen LogP contribution >= 0.6 is 22.7 Å². The molecule has 110 valence electrons. The van der Waals surface area contributed by atoms with E-state index in [9.17, 15) is 13.7 Å². The van der Waals surface area contributed by atoms with Crippen molar-refractivity contribution >= 4 is 37.7 Å². The highest BCUT2D eigenvalue weighted by molar-refractivity contribution is 7.94. The average molecular weight is 339 g/mol. The molecule has 0 radical (unpaired) electrons. The van der Waals surface area contributed by atoms with Gasteiger partial charge >= 0.3 is 0 Å². The highest BCUT2D eigenvalue weighted by atomic mass is 32.2. The smallest absolute Gasteiger partial charge is 0.272 e. The number of fused-ring (bicyclic) bond motifs is 1. The maximum Gasteiger partial charge on any atom is 0.272 e. The van der Waals surface area contributed by atoms with Gasteiger partial charge < -0.3 is 5.32 Å². The van der Waals surface area contributed by atoms with Crippen molar-refractivity contribution in [2.75, 3.05) is 11.3 Å². The largest absolute Gasteiger partial charge is 0.312 e. The number of nitrogens with zero attached hydrogens (tertiary/aromatic N) is 1. The summed E-state index contributed by atoms with van der Waals surface area (Å²) in [6.45, 7) is 3.36. The summed E-state index contributed by atoms with van der Waals surface area (Å²) in [5.41, 5.74) is 1.44. The molecule has 3 heterocycles. The number of aryl methyl sites for hydroxylation is 1. The van der Waals surface area contributed by atoms with Crippen LogP contribution in [0.15, 0.2) is 16.3 Å². The van der Waals surface area contributed by atoms with Crippen LogP contribution in [0.4, 0.5) is 5.00 Å². The quantitative estimate of drug-likeness (QED) is 0.900. The van der Waals surface area contributed by atoms with Crippen molar-refractivity contribution in [2.24, 2.45) is 0 Å². The van der Waals surface area contributed by atoms with E-state index in [1.807, 2.05) is 6.92 Å². The van der Waals surface area contributed by atoms with Gasteiger partial charge in [0.05, 0.1) is 5.56 Å². The lowest BCUT2D eigenvalue weighted by atomic mass is 10.1. The van der Waals surface area contributed by atoms with Crippen LogP contribution < -0.4 is 10.0 Å². The fourth-order valence-electron chi connectivity index (χ4n) is 2.25. The summed E-state index contributed by atoms with van der Waals surface area (Å²) in [4.78, 5) is 1.98. The van der Waals surface area contributed by atoms with Crippen LogP contribution in [0.3, 0.4) is 0 Å². The second kappa shape index (κ2) is 5.42. The van der Waals surface area contributed by atoms with Gasteiger partial charge in [0, 0.05) is 16.3 Å². The first-order valence-corrected chi connectivity index (χ1v) is 9.47. The lowest BCUT2D eigenvalue weighted by molar-refractivity contribution is 0.603. The minimum absolute atomic E-state index is 0.272. The second-order valence-corrected chi connectivity index (χ2v) is 9.02. The molecular formula is C13H13N3O2S3. The third kappa shape index (κ3) is 2.70. The number of sulfonamides is 1. The Morgan fingerprint density at radius 2 is 2.19 bits per heavy atom. The number of thiophene rings is 2. The van der Waals surface area contributed by atoms with Crippen molar-refractivity contribution in [1.82, 2.24) is 5.32 Å². The summed E-state index contributed by atoms with van der Waals surface area (Å²) in [5.74, 6) is 0. The molecule has 0 fully saturated rings. The van der Waals surface area contributed by atoms with Crippen molar-refractivity contribution < 1.29 is 8.42 Å². The van der Waals surface area contributed by atoms with E-state index in [-0.39, 0.29) is 4.21 Å². The number of hydrogen-bond acceptors (Lipinski definition) is 6. The first kappa shape index (κ1) is 14.5. The zero-order chi connectivity index (χ0) is 15.0. The van der Waals surface area contributed by atoms with E-state index in [1.54, 1.807) is 12.1 Å². The van der Waals surface area contributed by atoms with Gasteiger partial charge in [-0.05, 0) is 37.6 Å². The summed E-state index contributed by atoms with van der Waals surface area (Å²) in [7, 11) is -3.62. The van der Waals surface area contributed by atoms with E-state index < -0.39 is 10.0 Å². The Balaban J connectivity index is 1.99. The maximum atomic E-state index is 12.4. The first-order valence-electron chi connectivity index (χ1n) is 6.36. The molecule has 2 aromatic rings. The third-order valence-corrected chi connectivity index (χ3v) is 7.37. The lowest BCUT2D eigenvalue weighted by Crippen LogP contribution is -2.22. The third-order valence-electron chi connectivity index (χ3n) is 3.25. The van der Waals surface area contributed by atoms with Crippen LogP contribution in [0.25, 0.3) is 0 Å². The number of rotatable bonds is 3. The molecule has 8 heteroatoms. The zero-order valence-corrected chi connectivity index (χ0v) is 13.7.